The number of hydrogen-bond acceptors (Lipinski definition) is 8. The number of hydrogen-bond donors (Lipinski definition) is 4. The second-order valence-corrected chi connectivity index (χ2v) is 9.30. The number of aryl methyl sites for hydroxylation is 3. The molecule has 0 unspecified atom stereocenters. The van der Waals surface area contributed by atoms with Crippen molar-refractivity contribution in [3.63, 3.8) is 0 Å². The zero-order valence-electron chi connectivity index (χ0n) is 20.7. The summed E-state index contributed by atoms with van der Waals surface area (Å²) < 4.78 is 3.11. The van der Waals surface area contributed by atoms with Gasteiger partial charge in [-0.3, -0.25) is 19.2 Å². The van der Waals surface area contributed by atoms with Crippen LogP contribution in [0.2, 0.25) is 0 Å². The third-order valence-corrected chi connectivity index (χ3v) is 6.16. The number of carbonyl (C=O) groups excluding carboxylic acids is 4. The second-order valence-electron chi connectivity index (χ2n) is 8.30. The van der Waals surface area contributed by atoms with E-state index in [4.69, 9.17) is 0 Å². The summed E-state index contributed by atoms with van der Waals surface area (Å²) in [6.45, 7) is 3.06. The summed E-state index contributed by atoms with van der Waals surface area (Å²) in [6.07, 6.45) is 4.45. The van der Waals surface area contributed by atoms with E-state index in [0.717, 1.165) is 24.3 Å². The molecule has 36 heavy (non-hydrogen) atoms. The van der Waals surface area contributed by atoms with Gasteiger partial charge in [0.25, 0.3) is 17.7 Å². The minimum Gasteiger partial charge on any atom is -0.351 e. The minimum absolute atomic E-state index is 0.0631. The molecule has 4 amide bonds. The molecule has 0 atom stereocenters. The molecular weight excluding hydrogens is 486 g/mol. The molecule has 0 fully saturated rings. The quantitative estimate of drug-likeness (QED) is 0.221. The van der Waals surface area contributed by atoms with E-state index in [1.165, 1.54) is 10.8 Å². The molecule has 0 saturated heterocycles. The third kappa shape index (κ3) is 6.55. The van der Waals surface area contributed by atoms with Crippen LogP contribution in [0.15, 0.2) is 18.5 Å². The van der Waals surface area contributed by atoms with Crippen LogP contribution in [0.25, 0.3) is 0 Å². The Morgan fingerprint density at radius 1 is 1.06 bits per heavy atom. The first-order valence-corrected chi connectivity index (χ1v) is 11.8. The van der Waals surface area contributed by atoms with Crippen LogP contribution in [-0.2, 0) is 18.9 Å². The van der Waals surface area contributed by atoms with Crippen molar-refractivity contribution in [2.75, 3.05) is 43.1 Å². The number of aromatic nitrogens is 4. The number of amides is 4. The van der Waals surface area contributed by atoms with Gasteiger partial charge in [-0.1, -0.05) is 11.3 Å². The maximum Gasteiger partial charge on any atom is 0.291 e. The van der Waals surface area contributed by atoms with E-state index in [-0.39, 0.29) is 17.5 Å². The van der Waals surface area contributed by atoms with Crippen molar-refractivity contribution < 1.29 is 19.2 Å². The number of nitrogens with one attached hydrogen (secondary N) is 4. The van der Waals surface area contributed by atoms with Gasteiger partial charge in [0.1, 0.15) is 10.6 Å². The SMILES string of the molecule is Cc1nc(NC=O)sc1C(=O)Nc1cn(C)c(C(=O)Nc2cc(C(=O)NCCCN(C)C)n(C)c2)n1. The normalized spacial score (nSPS) is 10.8. The molecule has 3 aromatic rings. The highest BCUT2D eigenvalue weighted by molar-refractivity contribution is 7.17. The molecule has 0 aliphatic rings. The molecule has 4 N–H and O–H groups in total. The summed E-state index contributed by atoms with van der Waals surface area (Å²) in [5, 5.41) is 11.0. The van der Waals surface area contributed by atoms with Crippen LogP contribution in [0.4, 0.5) is 16.6 Å². The molecule has 0 aliphatic carbocycles. The molecule has 0 bridgehead atoms. The predicted octanol–water partition coefficient (Wildman–Crippen LogP) is 1.28. The number of imidazole rings is 1. The zero-order chi connectivity index (χ0) is 26.4. The van der Waals surface area contributed by atoms with Crippen LogP contribution < -0.4 is 21.3 Å². The van der Waals surface area contributed by atoms with Gasteiger partial charge in [-0.2, -0.15) is 0 Å². The van der Waals surface area contributed by atoms with Gasteiger partial charge in [0.15, 0.2) is 10.9 Å². The van der Waals surface area contributed by atoms with Crippen molar-refractivity contribution in [2.45, 2.75) is 13.3 Å². The van der Waals surface area contributed by atoms with Crippen molar-refractivity contribution in [2.24, 2.45) is 14.1 Å². The lowest BCUT2D eigenvalue weighted by Gasteiger charge is -2.10. The fraction of sp³-hybridized carbons (Fsp3) is 0.364. The molecule has 0 aromatic carbocycles. The Balaban J connectivity index is 1.63. The molecule has 14 heteroatoms. The Hall–Kier alpha value is -4.04. The standard InChI is InChI=1S/C22H29N9O4S/c1-13-17(36-22(25-13)24-12-32)20(34)28-16-11-31(5)18(27-16)21(35)26-14-9-15(30(4)10-14)19(33)23-7-6-8-29(2)3/h9-12H,6-8H2,1-5H3,(H,23,33)(H,26,35)(H,28,34)(H,24,25,32). The molecule has 3 heterocycles. The van der Waals surface area contributed by atoms with E-state index in [2.05, 4.69) is 31.2 Å². The summed E-state index contributed by atoms with van der Waals surface area (Å²) in [5.41, 5.74) is 1.30. The predicted molar refractivity (Wildman–Crippen MR) is 137 cm³/mol. The van der Waals surface area contributed by atoms with Gasteiger partial charge >= 0.3 is 0 Å². The fourth-order valence-electron chi connectivity index (χ4n) is 3.36. The van der Waals surface area contributed by atoms with Gasteiger partial charge in [0.05, 0.1) is 11.4 Å². The molecule has 0 radical (unpaired) electrons. The summed E-state index contributed by atoms with van der Waals surface area (Å²) in [4.78, 5) is 59.2. The highest BCUT2D eigenvalue weighted by atomic mass is 32.1. The van der Waals surface area contributed by atoms with Crippen LogP contribution in [0.1, 0.15) is 42.9 Å². The lowest BCUT2D eigenvalue weighted by molar-refractivity contribution is -0.105. The Morgan fingerprint density at radius 2 is 1.81 bits per heavy atom. The Kier molecular flexibility index (Phi) is 8.55. The largest absolute Gasteiger partial charge is 0.351 e. The Morgan fingerprint density at radius 3 is 2.50 bits per heavy atom. The van der Waals surface area contributed by atoms with Crippen molar-refractivity contribution in [1.29, 1.82) is 0 Å². The topological polar surface area (TPSA) is 155 Å². The second kappa shape index (κ2) is 11.6. The van der Waals surface area contributed by atoms with E-state index in [1.54, 1.807) is 37.8 Å². The number of nitrogens with zero attached hydrogens (tertiary/aromatic N) is 5. The average Bonchev–Trinajstić information content (AvgIpc) is 3.47. The highest BCUT2D eigenvalue weighted by Crippen LogP contribution is 2.23. The van der Waals surface area contributed by atoms with Crippen LogP contribution in [0.3, 0.4) is 0 Å². The molecule has 3 aromatic heterocycles. The number of thiazole rings is 1. The summed E-state index contributed by atoms with van der Waals surface area (Å²) in [5.74, 6) is -0.959. The average molecular weight is 516 g/mol. The van der Waals surface area contributed by atoms with Crippen molar-refractivity contribution in [1.82, 2.24) is 29.3 Å². The van der Waals surface area contributed by atoms with Crippen LogP contribution in [0, 0.1) is 6.92 Å². The van der Waals surface area contributed by atoms with Crippen LogP contribution in [-0.4, -0.2) is 75.3 Å². The van der Waals surface area contributed by atoms with E-state index < -0.39 is 11.8 Å². The minimum atomic E-state index is -0.506. The van der Waals surface area contributed by atoms with Gasteiger partial charge in [0, 0.05) is 33.0 Å². The van der Waals surface area contributed by atoms with Crippen molar-refractivity contribution in [3.8, 4) is 0 Å². The van der Waals surface area contributed by atoms with Gasteiger partial charge in [-0.15, -0.1) is 0 Å². The number of anilines is 3. The first-order chi connectivity index (χ1) is 17.1. The van der Waals surface area contributed by atoms with Gasteiger partial charge in [0.2, 0.25) is 12.2 Å². The van der Waals surface area contributed by atoms with E-state index in [9.17, 15) is 19.2 Å². The van der Waals surface area contributed by atoms with E-state index in [1.807, 2.05) is 19.0 Å². The first kappa shape index (κ1) is 26.6. The third-order valence-electron chi connectivity index (χ3n) is 5.07. The van der Waals surface area contributed by atoms with Crippen LogP contribution >= 0.6 is 11.3 Å². The highest BCUT2D eigenvalue weighted by Gasteiger charge is 2.20. The zero-order valence-corrected chi connectivity index (χ0v) is 21.5. The van der Waals surface area contributed by atoms with Gasteiger partial charge in [-0.25, -0.2) is 9.97 Å². The Bertz CT molecular complexity index is 1270. The smallest absolute Gasteiger partial charge is 0.291 e. The summed E-state index contributed by atoms with van der Waals surface area (Å²) >= 11 is 1.03. The van der Waals surface area contributed by atoms with Gasteiger partial charge in [-0.05, 0) is 40.1 Å². The maximum atomic E-state index is 12.8. The van der Waals surface area contributed by atoms with Crippen molar-refractivity contribution in [3.05, 3.63) is 40.5 Å². The lowest BCUT2D eigenvalue weighted by Crippen LogP contribution is -2.28. The molecule has 0 saturated carbocycles. The van der Waals surface area contributed by atoms with E-state index >= 15 is 0 Å². The first-order valence-electron chi connectivity index (χ1n) is 11.0. The van der Waals surface area contributed by atoms with Crippen molar-refractivity contribution >= 4 is 52.1 Å². The molecule has 192 valence electrons. The van der Waals surface area contributed by atoms with E-state index in [0.29, 0.717) is 40.0 Å². The van der Waals surface area contributed by atoms with Crippen LogP contribution in [0.5, 0.6) is 0 Å². The molecule has 3 rings (SSSR count). The summed E-state index contributed by atoms with van der Waals surface area (Å²) in [7, 11) is 7.28. The fourth-order valence-corrected chi connectivity index (χ4v) is 4.18. The molecule has 0 aliphatic heterocycles. The maximum absolute atomic E-state index is 12.8. The molecule has 0 spiro atoms. The monoisotopic (exact) mass is 515 g/mol. The Labute approximate surface area is 211 Å². The molecular formula is C22H29N9O4S. The number of carbonyl (C=O) groups is 4. The lowest BCUT2D eigenvalue weighted by atomic mass is 10.3. The van der Waals surface area contributed by atoms with Gasteiger partial charge < -0.3 is 35.3 Å². The number of rotatable bonds is 11. The molecule has 13 nitrogen and oxygen atoms in total. The summed E-state index contributed by atoms with van der Waals surface area (Å²) in [6, 6.07) is 1.59.